The van der Waals surface area contributed by atoms with E-state index in [0.717, 1.165) is 6.42 Å². The van der Waals surface area contributed by atoms with Crippen LogP contribution in [0.5, 0.6) is 5.88 Å². The Balaban J connectivity index is 3.01. The fourth-order valence-corrected chi connectivity index (χ4v) is 1.56. The number of hydrogen-bond acceptors (Lipinski definition) is 6. The van der Waals surface area contributed by atoms with E-state index >= 15 is 0 Å². The molecule has 1 aromatic heterocycles. The van der Waals surface area contributed by atoms with Crippen LogP contribution in [-0.2, 0) is 4.74 Å². The molecule has 0 aromatic carbocycles. The second-order valence-electron chi connectivity index (χ2n) is 4.00. The van der Waals surface area contributed by atoms with Gasteiger partial charge in [-0.05, 0) is 12.3 Å². The lowest BCUT2D eigenvalue weighted by Gasteiger charge is -2.16. The number of hydrogen-bond donors (Lipinski definition) is 2. The normalized spacial score (nSPS) is 12.3. The molecule has 1 atom stereocenters. The van der Waals surface area contributed by atoms with E-state index in [4.69, 9.17) is 9.47 Å². The maximum absolute atomic E-state index is 9.45. The first kappa shape index (κ1) is 14.9. The van der Waals surface area contributed by atoms with Crippen molar-refractivity contribution in [1.29, 1.82) is 0 Å². The molecule has 1 heterocycles. The molecule has 1 unspecified atom stereocenters. The Morgan fingerprint density at radius 2 is 2.06 bits per heavy atom. The summed E-state index contributed by atoms with van der Waals surface area (Å²) < 4.78 is 10.2. The molecule has 0 amide bonds. The fourth-order valence-electron chi connectivity index (χ4n) is 1.56. The van der Waals surface area contributed by atoms with E-state index in [1.54, 1.807) is 7.11 Å². The summed E-state index contributed by atoms with van der Waals surface area (Å²) in [5.41, 5.74) is 0.845. The highest BCUT2D eigenvalue weighted by Crippen LogP contribution is 2.17. The molecule has 7 heteroatoms. The van der Waals surface area contributed by atoms with Crippen molar-refractivity contribution in [2.45, 2.75) is 26.2 Å². The topological polar surface area (TPSA) is 84.7 Å². The van der Waals surface area contributed by atoms with Crippen LogP contribution in [0, 0.1) is 0 Å². The lowest BCUT2D eigenvalue weighted by Crippen LogP contribution is -2.37. The van der Waals surface area contributed by atoms with Crippen molar-refractivity contribution in [1.82, 2.24) is 9.97 Å². The van der Waals surface area contributed by atoms with Crippen LogP contribution < -0.4 is 10.2 Å². The van der Waals surface area contributed by atoms with Gasteiger partial charge in [-0.25, -0.2) is 9.97 Å². The van der Waals surface area contributed by atoms with Crippen LogP contribution in [0.25, 0.3) is 0 Å². The number of ether oxygens (including phenoxy) is 2. The third kappa shape index (κ3) is 3.66. The van der Waals surface area contributed by atoms with Crippen molar-refractivity contribution in [2.75, 3.05) is 20.3 Å². The van der Waals surface area contributed by atoms with Crippen LogP contribution in [0.4, 0.5) is 0 Å². The van der Waals surface area contributed by atoms with Gasteiger partial charge < -0.3 is 19.5 Å². The van der Waals surface area contributed by atoms with E-state index < -0.39 is 7.12 Å². The number of nitrogens with zero attached hydrogens (tertiary/aromatic N) is 2. The first-order valence-electron chi connectivity index (χ1n) is 5.94. The smallest absolute Gasteiger partial charge is 0.475 e. The average molecular weight is 254 g/mol. The van der Waals surface area contributed by atoms with E-state index in [0.29, 0.717) is 18.9 Å². The first-order valence-corrected chi connectivity index (χ1v) is 5.94. The fraction of sp³-hybridized carbons (Fsp3) is 0.636. The van der Waals surface area contributed by atoms with E-state index in [1.807, 2.05) is 13.8 Å². The lowest BCUT2D eigenvalue weighted by atomic mass is 9.76. The molecular formula is C11H19BN2O4. The first-order chi connectivity index (χ1) is 8.61. The number of rotatable bonds is 7. The zero-order valence-corrected chi connectivity index (χ0v) is 11.0. The Morgan fingerprint density at radius 3 is 2.61 bits per heavy atom. The average Bonchev–Trinajstić information content (AvgIpc) is 2.37. The minimum absolute atomic E-state index is 0.106. The van der Waals surface area contributed by atoms with E-state index in [2.05, 4.69) is 9.97 Å². The molecule has 0 saturated carbocycles. The van der Waals surface area contributed by atoms with Crippen molar-refractivity contribution >= 4 is 12.6 Å². The van der Waals surface area contributed by atoms with E-state index in [-0.39, 0.29) is 17.3 Å². The van der Waals surface area contributed by atoms with Gasteiger partial charge in [0.2, 0.25) is 5.88 Å². The van der Waals surface area contributed by atoms with Gasteiger partial charge in [-0.3, -0.25) is 0 Å². The molecule has 0 saturated heterocycles. The van der Waals surface area contributed by atoms with Crippen LogP contribution in [0.15, 0.2) is 6.33 Å². The highest BCUT2D eigenvalue weighted by molar-refractivity contribution is 6.60. The maximum Gasteiger partial charge on any atom is 0.495 e. The third-order valence-electron chi connectivity index (χ3n) is 2.74. The molecule has 0 bridgehead atoms. The summed E-state index contributed by atoms with van der Waals surface area (Å²) in [6, 6.07) is 0. The molecule has 1 rings (SSSR count). The van der Waals surface area contributed by atoms with E-state index in [1.165, 1.54) is 6.33 Å². The van der Waals surface area contributed by atoms with Crippen LogP contribution in [0.1, 0.15) is 31.9 Å². The maximum atomic E-state index is 9.45. The lowest BCUT2D eigenvalue weighted by molar-refractivity contribution is 0.144. The molecule has 0 radical (unpaired) electrons. The van der Waals surface area contributed by atoms with Gasteiger partial charge in [-0.1, -0.05) is 13.8 Å². The molecule has 0 aliphatic rings. The standard InChI is InChI=1S/C11H19BN2O4/c1-4-8(2)10-9(12(15)16)11(14-7-13-10)18-6-5-17-3/h7-8,15-16H,4-6H2,1-3H3. The van der Waals surface area contributed by atoms with Crippen molar-refractivity contribution in [3.8, 4) is 5.88 Å². The van der Waals surface area contributed by atoms with Gasteiger partial charge >= 0.3 is 7.12 Å². The molecular weight excluding hydrogens is 235 g/mol. The molecule has 18 heavy (non-hydrogen) atoms. The van der Waals surface area contributed by atoms with Gasteiger partial charge in [-0.2, -0.15) is 0 Å². The Bertz CT molecular complexity index is 376. The number of aromatic nitrogens is 2. The van der Waals surface area contributed by atoms with Crippen molar-refractivity contribution in [3.05, 3.63) is 12.0 Å². The highest BCUT2D eigenvalue weighted by atomic mass is 16.5. The van der Waals surface area contributed by atoms with Gasteiger partial charge in [0.1, 0.15) is 12.9 Å². The van der Waals surface area contributed by atoms with Crippen molar-refractivity contribution < 1.29 is 19.5 Å². The summed E-state index contributed by atoms with van der Waals surface area (Å²) in [6.07, 6.45) is 2.21. The third-order valence-corrected chi connectivity index (χ3v) is 2.74. The van der Waals surface area contributed by atoms with Gasteiger partial charge in [0.15, 0.2) is 0 Å². The van der Waals surface area contributed by atoms with Gasteiger partial charge in [0, 0.05) is 7.11 Å². The number of methoxy groups -OCH3 is 1. The molecule has 2 N–H and O–H groups in total. The minimum Gasteiger partial charge on any atom is -0.475 e. The second-order valence-corrected chi connectivity index (χ2v) is 4.00. The molecule has 100 valence electrons. The summed E-state index contributed by atoms with van der Waals surface area (Å²) >= 11 is 0. The predicted octanol–water partition coefficient (Wildman–Crippen LogP) is -0.305. The highest BCUT2D eigenvalue weighted by Gasteiger charge is 2.26. The largest absolute Gasteiger partial charge is 0.495 e. The van der Waals surface area contributed by atoms with Crippen molar-refractivity contribution in [3.63, 3.8) is 0 Å². The molecule has 0 aliphatic heterocycles. The Kier molecular flexibility index (Phi) is 6.04. The predicted molar refractivity (Wildman–Crippen MR) is 67.9 cm³/mol. The van der Waals surface area contributed by atoms with Crippen LogP contribution in [-0.4, -0.2) is 47.5 Å². The van der Waals surface area contributed by atoms with Crippen LogP contribution in [0.2, 0.25) is 0 Å². The summed E-state index contributed by atoms with van der Waals surface area (Å²) in [5, 5.41) is 18.9. The summed E-state index contributed by atoms with van der Waals surface area (Å²) in [7, 11) is -0.0804. The van der Waals surface area contributed by atoms with Crippen LogP contribution in [0.3, 0.4) is 0 Å². The molecule has 0 spiro atoms. The summed E-state index contributed by atoms with van der Waals surface area (Å²) in [6.45, 7) is 4.68. The summed E-state index contributed by atoms with van der Waals surface area (Å²) in [5.74, 6) is 0.307. The molecule has 6 nitrogen and oxygen atoms in total. The van der Waals surface area contributed by atoms with Gasteiger partial charge in [-0.15, -0.1) is 0 Å². The van der Waals surface area contributed by atoms with E-state index in [9.17, 15) is 10.0 Å². The molecule has 1 aromatic rings. The van der Waals surface area contributed by atoms with Crippen molar-refractivity contribution in [2.24, 2.45) is 0 Å². The molecule has 0 fully saturated rings. The van der Waals surface area contributed by atoms with Gasteiger partial charge in [0.25, 0.3) is 0 Å². The monoisotopic (exact) mass is 254 g/mol. The minimum atomic E-state index is -1.65. The van der Waals surface area contributed by atoms with Crippen LogP contribution >= 0.6 is 0 Å². The second kappa shape index (κ2) is 7.30. The van der Waals surface area contributed by atoms with Gasteiger partial charge in [0.05, 0.1) is 17.8 Å². The Labute approximate surface area is 107 Å². The Morgan fingerprint density at radius 1 is 1.33 bits per heavy atom. The summed E-state index contributed by atoms with van der Waals surface area (Å²) in [4.78, 5) is 8.06. The molecule has 0 aliphatic carbocycles. The SMILES string of the molecule is CCC(C)c1ncnc(OCCOC)c1B(O)O. The zero-order valence-electron chi connectivity index (χ0n) is 11.0. The quantitative estimate of drug-likeness (QED) is 0.513. The Hall–Kier alpha value is -1.18. The zero-order chi connectivity index (χ0) is 13.5.